The number of carbonyl (C=O) groups excluding carboxylic acids is 2. The quantitative estimate of drug-likeness (QED) is 0.743. The molecule has 1 N–H and O–H groups in total. The third-order valence-electron chi connectivity index (χ3n) is 3.11. The summed E-state index contributed by atoms with van der Waals surface area (Å²) in [5, 5.41) is 0. The molecule has 0 fully saturated rings. The molecule has 110 valence electrons. The van der Waals surface area contributed by atoms with Crippen LogP contribution in [0, 0.1) is 0 Å². The van der Waals surface area contributed by atoms with Crippen molar-refractivity contribution in [2.24, 2.45) is 0 Å². The number of nitrogens with one attached hydrogen (secondary N) is 1. The molecule has 0 spiro atoms. The van der Waals surface area contributed by atoms with Crippen LogP contribution in [-0.2, 0) is 11.3 Å². The third-order valence-corrected chi connectivity index (χ3v) is 3.11. The number of carbonyl (C=O) groups is 2. The molecule has 7 heteroatoms. The van der Waals surface area contributed by atoms with Gasteiger partial charge in [-0.15, -0.1) is 0 Å². The zero-order valence-corrected chi connectivity index (χ0v) is 11.9. The maximum atomic E-state index is 11.9. The van der Waals surface area contributed by atoms with Crippen molar-refractivity contribution in [2.75, 3.05) is 13.1 Å². The number of rotatable bonds is 6. The summed E-state index contributed by atoms with van der Waals surface area (Å²) >= 11 is 0. The zero-order chi connectivity index (χ0) is 15.3. The smallest absolute Gasteiger partial charge is 0.328 e. The van der Waals surface area contributed by atoms with E-state index in [0.717, 1.165) is 10.8 Å². The Morgan fingerprint density at radius 2 is 1.85 bits per heavy atom. The first-order valence-corrected chi connectivity index (χ1v) is 6.53. The molecule has 1 aromatic rings. The van der Waals surface area contributed by atoms with Gasteiger partial charge in [0.1, 0.15) is 0 Å². The van der Waals surface area contributed by atoms with E-state index in [-0.39, 0.29) is 24.4 Å². The van der Waals surface area contributed by atoms with Gasteiger partial charge in [-0.05, 0) is 20.8 Å². The Balaban J connectivity index is 2.97. The maximum Gasteiger partial charge on any atom is 0.328 e. The van der Waals surface area contributed by atoms with Gasteiger partial charge in [0.2, 0.25) is 5.91 Å². The largest absolute Gasteiger partial charge is 0.343 e. The number of hydrogen-bond acceptors (Lipinski definition) is 4. The summed E-state index contributed by atoms with van der Waals surface area (Å²) < 4.78 is 0.887. The fourth-order valence-corrected chi connectivity index (χ4v) is 1.91. The lowest BCUT2D eigenvalue weighted by Gasteiger charge is -2.18. The highest BCUT2D eigenvalue weighted by atomic mass is 16.2. The number of nitrogens with zero attached hydrogens (tertiary/aromatic N) is 2. The molecule has 1 aromatic heterocycles. The summed E-state index contributed by atoms with van der Waals surface area (Å²) in [6.45, 7) is 6.08. The van der Waals surface area contributed by atoms with Gasteiger partial charge in [0, 0.05) is 32.3 Å². The van der Waals surface area contributed by atoms with Gasteiger partial charge in [-0.2, -0.15) is 0 Å². The van der Waals surface area contributed by atoms with Crippen LogP contribution in [0.5, 0.6) is 0 Å². The number of amides is 1. The van der Waals surface area contributed by atoms with Crippen molar-refractivity contribution in [3.8, 4) is 0 Å². The molecular weight excluding hydrogens is 262 g/mol. The average Bonchev–Trinajstić information content (AvgIpc) is 2.39. The second kappa shape index (κ2) is 6.83. The lowest BCUT2D eigenvalue weighted by Crippen LogP contribution is -2.39. The molecule has 1 amide bonds. The van der Waals surface area contributed by atoms with Crippen molar-refractivity contribution in [1.29, 1.82) is 0 Å². The Kier molecular flexibility index (Phi) is 5.42. The summed E-state index contributed by atoms with van der Waals surface area (Å²) in [6.07, 6.45) is 1.15. The van der Waals surface area contributed by atoms with Crippen LogP contribution in [0.3, 0.4) is 0 Å². The van der Waals surface area contributed by atoms with Crippen molar-refractivity contribution >= 4 is 11.7 Å². The van der Waals surface area contributed by atoms with Crippen LogP contribution in [0.2, 0.25) is 0 Å². The highest BCUT2D eigenvalue weighted by Crippen LogP contribution is 1.95. The molecule has 20 heavy (non-hydrogen) atoms. The Labute approximate surface area is 116 Å². The first-order chi connectivity index (χ1) is 9.42. The molecular formula is C13H19N3O4. The van der Waals surface area contributed by atoms with Crippen molar-refractivity contribution < 1.29 is 9.59 Å². The molecule has 0 atom stereocenters. The molecule has 0 saturated heterocycles. The second-order valence-electron chi connectivity index (χ2n) is 4.34. The Morgan fingerprint density at radius 3 is 2.35 bits per heavy atom. The molecule has 0 bridgehead atoms. The van der Waals surface area contributed by atoms with Gasteiger partial charge < -0.3 is 9.88 Å². The van der Waals surface area contributed by atoms with Crippen LogP contribution in [0.25, 0.3) is 0 Å². The van der Waals surface area contributed by atoms with E-state index in [4.69, 9.17) is 0 Å². The molecule has 1 heterocycles. The molecule has 0 radical (unpaired) electrons. The highest BCUT2D eigenvalue weighted by Gasteiger charge is 2.14. The van der Waals surface area contributed by atoms with Crippen LogP contribution < -0.4 is 11.2 Å². The van der Waals surface area contributed by atoms with E-state index >= 15 is 0 Å². The van der Waals surface area contributed by atoms with Crippen LogP contribution >= 0.6 is 0 Å². The molecule has 0 aromatic carbocycles. The monoisotopic (exact) mass is 281 g/mol. The number of hydrogen-bond donors (Lipinski definition) is 1. The van der Waals surface area contributed by atoms with Crippen molar-refractivity contribution in [1.82, 2.24) is 14.5 Å². The summed E-state index contributed by atoms with van der Waals surface area (Å²) in [4.78, 5) is 50.6. The van der Waals surface area contributed by atoms with Gasteiger partial charge in [0.25, 0.3) is 5.56 Å². The predicted octanol–water partition coefficient (Wildman–Crippen LogP) is -0.00230. The molecule has 0 unspecified atom stereocenters. The molecule has 0 aliphatic heterocycles. The predicted molar refractivity (Wildman–Crippen MR) is 73.9 cm³/mol. The SMILES string of the molecule is CCN(CC)C(=O)CCn1c(=O)[nH]cc(C(C)=O)c1=O. The fraction of sp³-hybridized carbons (Fsp3) is 0.538. The highest BCUT2D eigenvalue weighted by molar-refractivity contribution is 5.93. The van der Waals surface area contributed by atoms with Crippen molar-refractivity contribution in [3.63, 3.8) is 0 Å². The van der Waals surface area contributed by atoms with Gasteiger partial charge >= 0.3 is 5.69 Å². The third kappa shape index (κ3) is 3.43. The van der Waals surface area contributed by atoms with Crippen LogP contribution in [-0.4, -0.2) is 39.2 Å². The minimum Gasteiger partial charge on any atom is -0.343 e. The number of aromatic nitrogens is 2. The molecule has 1 rings (SSSR count). The Morgan fingerprint density at radius 1 is 1.25 bits per heavy atom. The minimum atomic E-state index is -0.659. The standard InChI is InChI=1S/C13H19N3O4/c1-4-15(5-2)11(18)6-7-16-12(19)10(9(3)17)8-14-13(16)20/h8H,4-7H2,1-3H3,(H,14,20). The van der Waals surface area contributed by atoms with Crippen LogP contribution in [0.15, 0.2) is 15.8 Å². The van der Waals surface area contributed by atoms with Crippen LogP contribution in [0.1, 0.15) is 37.6 Å². The van der Waals surface area contributed by atoms with Crippen molar-refractivity contribution in [2.45, 2.75) is 33.7 Å². The summed E-state index contributed by atoms with van der Waals surface area (Å²) in [5.41, 5.74) is -1.36. The normalized spacial score (nSPS) is 10.3. The maximum absolute atomic E-state index is 11.9. The van der Waals surface area contributed by atoms with Gasteiger partial charge in [-0.1, -0.05) is 0 Å². The van der Waals surface area contributed by atoms with E-state index in [1.807, 2.05) is 13.8 Å². The van der Waals surface area contributed by atoms with Gasteiger partial charge in [0.05, 0.1) is 5.56 Å². The number of aromatic amines is 1. The molecule has 0 aliphatic carbocycles. The van der Waals surface area contributed by atoms with Crippen LogP contribution in [0.4, 0.5) is 0 Å². The summed E-state index contributed by atoms with van der Waals surface area (Å²) in [5.74, 6) is -0.551. The van der Waals surface area contributed by atoms with E-state index in [2.05, 4.69) is 4.98 Å². The topological polar surface area (TPSA) is 92.2 Å². The number of Topliss-reactive ketones (excluding diaryl/α,β-unsaturated/α-hetero) is 1. The lowest BCUT2D eigenvalue weighted by molar-refractivity contribution is -0.131. The van der Waals surface area contributed by atoms with E-state index in [1.165, 1.54) is 6.92 Å². The Bertz CT molecular complexity index is 611. The first kappa shape index (κ1) is 15.9. The minimum absolute atomic E-state index is 0.0371. The van der Waals surface area contributed by atoms with Gasteiger partial charge in [-0.25, -0.2) is 4.79 Å². The summed E-state index contributed by atoms with van der Waals surface area (Å²) in [6, 6.07) is 0. The number of ketones is 1. The second-order valence-corrected chi connectivity index (χ2v) is 4.34. The van der Waals surface area contributed by atoms with E-state index in [9.17, 15) is 19.2 Å². The van der Waals surface area contributed by atoms with Gasteiger partial charge in [-0.3, -0.25) is 19.0 Å². The van der Waals surface area contributed by atoms with Crippen molar-refractivity contribution in [3.05, 3.63) is 32.6 Å². The van der Waals surface area contributed by atoms with E-state index in [0.29, 0.717) is 13.1 Å². The van der Waals surface area contributed by atoms with Gasteiger partial charge in [0.15, 0.2) is 5.78 Å². The Hall–Kier alpha value is -2.18. The number of H-pyrrole nitrogens is 1. The molecule has 0 aliphatic rings. The lowest BCUT2D eigenvalue weighted by atomic mass is 10.2. The average molecular weight is 281 g/mol. The van der Waals surface area contributed by atoms with E-state index in [1.54, 1.807) is 4.90 Å². The zero-order valence-electron chi connectivity index (χ0n) is 11.9. The molecule has 7 nitrogen and oxygen atoms in total. The summed E-state index contributed by atoms with van der Waals surface area (Å²) in [7, 11) is 0. The molecule has 0 saturated carbocycles. The van der Waals surface area contributed by atoms with E-state index < -0.39 is 17.0 Å². The fourth-order valence-electron chi connectivity index (χ4n) is 1.91. The first-order valence-electron chi connectivity index (χ1n) is 6.53.